The summed E-state index contributed by atoms with van der Waals surface area (Å²) in [6.45, 7) is 10.8. The van der Waals surface area contributed by atoms with Crippen molar-refractivity contribution in [3.05, 3.63) is 89.5 Å². The maximum Gasteiger partial charge on any atom is 0.273 e. The van der Waals surface area contributed by atoms with E-state index in [0.717, 1.165) is 37.1 Å². The molecule has 7 nitrogen and oxygen atoms in total. The minimum atomic E-state index is -0.898. The summed E-state index contributed by atoms with van der Waals surface area (Å²) < 4.78 is 12.5. The minimum absolute atomic E-state index is 0.0706. The van der Waals surface area contributed by atoms with Crippen molar-refractivity contribution in [1.29, 1.82) is 5.41 Å². The van der Waals surface area contributed by atoms with Crippen molar-refractivity contribution >= 4 is 17.4 Å². The van der Waals surface area contributed by atoms with Crippen LogP contribution in [-0.4, -0.2) is 41.8 Å². The predicted molar refractivity (Wildman–Crippen MR) is 175 cm³/mol. The highest BCUT2D eigenvalue weighted by atomic mass is 16.5. The van der Waals surface area contributed by atoms with E-state index in [9.17, 15) is 4.79 Å². The summed E-state index contributed by atoms with van der Waals surface area (Å²) in [4.78, 5) is 18.6. The predicted octanol–water partition coefficient (Wildman–Crippen LogP) is 7.48. The number of amidine groups is 1. The van der Waals surface area contributed by atoms with Crippen LogP contribution < -0.4 is 20.1 Å². The number of benzene rings is 3. The third-order valence-corrected chi connectivity index (χ3v) is 8.41. The van der Waals surface area contributed by atoms with E-state index in [1.54, 1.807) is 18.2 Å². The van der Waals surface area contributed by atoms with E-state index in [1.807, 2.05) is 73.3 Å². The molecule has 0 aliphatic carbocycles. The van der Waals surface area contributed by atoms with Gasteiger partial charge in [-0.1, -0.05) is 69.2 Å². The zero-order valence-electron chi connectivity index (χ0n) is 26.2. The lowest BCUT2D eigenvalue weighted by Gasteiger charge is -2.39. The number of carbonyl (C=O) groups is 1. The number of amides is 1. The van der Waals surface area contributed by atoms with Crippen LogP contribution in [0.2, 0.25) is 0 Å². The third kappa shape index (κ3) is 7.96. The van der Waals surface area contributed by atoms with Gasteiger partial charge >= 0.3 is 0 Å². The van der Waals surface area contributed by atoms with Gasteiger partial charge in [0.1, 0.15) is 23.9 Å². The number of rotatable bonds is 11. The number of hydrogen-bond donors (Lipinski definition) is 2. The number of ether oxygens (including phenoxy) is 2. The Morgan fingerprint density at radius 1 is 0.930 bits per heavy atom. The quantitative estimate of drug-likeness (QED) is 0.139. The first-order valence-electron chi connectivity index (χ1n) is 15.9. The molecule has 2 aliphatic rings. The fraction of sp³-hybridized carbons (Fsp3) is 0.444. The Labute approximate surface area is 257 Å². The van der Waals surface area contributed by atoms with Crippen molar-refractivity contribution in [3.8, 4) is 11.5 Å². The SMILES string of the molecule is CC.CC1CCCC(C)N1CCCCCN1C(=O)C(c2cc(C(=N)N)ccc2OCc2ccccc2)Oc2ccccc21. The largest absolute Gasteiger partial charge is 0.488 e. The van der Waals surface area contributed by atoms with Gasteiger partial charge in [-0.25, -0.2) is 0 Å². The van der Waals surface area contributed by atoms with Crippen molar-refractivity contribution in [3.63, 3.8) is 0 Å². The van der Waals surface area contributed by atoms with Crippen molar-refractivity contribution < 1.29 is 14.3 Å². The van der Waals surface area contributed by atoms with Crippen LogP contribution in [-0.2, 0) is 11.4 Å². The number of likely N-dealkylation sites (tertiary alicyclic amines) is 1. The average molecular weight is 585 g/mol. The lowest BCUT2D eigenvalue weighted by Crippen LogP contribution is -2.44. The minimum Gasteiger partial charge on any atom is -0.488 e. The van der Waals surface area contributed by atoms with Gasteiger partial charge in [0.05, 0.1) is 5.69 Å². The van der Waals surface area contributed by atoms with Gasteiger partial charge in [0, 0.05) is 29.8 Å². The summed E-state index contributed by atoms with van der Waals surface area (Å²) in [5.41, 5.74) is 8.74. The number of nitrogens with one attached hydrogen (secondary N) is 1. The van der Waals surface area contributed by atoms with E-state index in [1.165, 1.54) is 19.3 Å². The van der Waals surface area contributed by atoms with Crippen LogP contribution in [0.3, 0.4) is 0 Å². The van der Waals surface area contributed by atoms with E-state index < -0.39 is 6.10 Å². The smallest absolute Gasteiger partial charge is 0.273 e. The molecule has 3 N–H and O–H groups in total. The third-order valence-electron chi connectivity index (χ3n) is 8.41. The van der Waals surface area contributed by atoms with Gasteiger partial charge in [0.15, 0.2) is 0 Å². The van der Waals surface area contributed by atoms with Crippen LogP contribution in [0.4, 0.5) is 5.69 Å². The van der Waals surface area contributed by atoms with Crippen LogP contribution in [0.25, 0.3) is 0 Å². The Hall–Kier alpha value is -3.84. The maximum atomic E-state index is 14.0. The van der Waals surface area contributed by atoms with Gasteiger partial charge in [-0.2, -0.15) is 0 Å². The Balaban J connectivity index is 0.00000207. The maximum absolute atomic E-state index is 14.0. The molecule has 0 saturated carbocycles. The molecule has 1 saturated heterocycles. The molecule has 5 rings (SSSR count). The van der Waals surface area contributed by atoms with Gasteiger partial charge in [0.2, 0.25) is 6.10 Å². The number of para-hydroxylation sites is 2. The lowest BCUT2D eigenvalue weighted by molar-refractivity contribution is -0.126. The molecular formula is C36H48N4O3. The standard InChI is InChI=1S/C34H42N4O3.C2H6/c1-24-12-11-13-25(2)37(24)20-9-4-10-21-38-29-16-7-8-17-31(29)41-32(34(38)39)28-22-27(33(35)36)18-19-30(28)40-23-26-14-5-3-6-15-26;1-2/h3,5-8,14-19,22,24-25,32H,4,9-13,20-21,23H2,1-2H3,(H3,35,36);1-2H3. The Bertz CT molecular complexity index is 1340. The molecule has 3 aromatic rings. The summed E-state index contributed by atoms with van der Waals surface area (Å²) in [6, 6.07) is 24.2. The molecule has 2 heterocycles. The summed E-state index contributed by atoms with van der Waals surface area (Å²) in [6.07, 6.45) is 6.08. The van der Waals surface area contributed by atoms with Gasteiger partial charge in [-0.05, 0) is 82.0 Å². The lowest BCUT2D eigenvalue weighted by atomic mass is 9.97. The van der Waals surface area contributed by atoms with E-state index in [0.29, 0.717) is 47.9 Å². The molecule has 3 atom stereocenters. The summed E-state index contributed by atoms with van der Waals surface area (Å²) in [5, 5.41) is 7.99. The van der Waals surface area contributed by atoms with Crippen LogP contribution in [0.15, 0.2) is 72.8 Å². The number of nitrogens with zero attached hydrogens (tertiary/aromatic N) is 2. The fourth-order valence-electron chi connectivity index (χ4n) is 6.09. The van der Waals surface area contributed by atoms with Gasteiger partial charge < -0.3 is 20.1 Å². The zero-order valence-corrected chi connectivity index (χ0v) is 26.2. The molecule has 230 valence electrons. The van der Waals surface area contributed by atoms with Gasteiger partial charge in [0.25, 0.3) is 5.91 Å². The molecule has 0 radical (unpaired) electrons. The molecule has 1 amide bonds. The van der Waals surface area contributed by atoms with Gasteiger partial charge in [-0.3, -0.25) is 15.1 Å². The normalized spacial score (nSPS) is 20.0. The van der Waals surface area contributed by atoms with Crippen LogP contribution in [0, 0.1) is 5.41 Å². The Kier molecular flexibility index (Phi) is 11.6. The molecule has 0 aromatic heterocycles. The molecule has 0 spiro atoms. The van der Waals surface area contributed by atoms with Crippen LogP contribution in [0.5, 0.6) is 11.5 Å². The molecule has 7 heteroatoms. The van der Waals surface area contributed by atoms with Crippen LogP contribution >= 0.6 is 0 Å². The first kappa shape index (κ1) is 32.1. The van der Waals surface area contributed by atoms with E-state index in [2.05, 4.69) is 18.7 Å². The second-order valence-electron chi connectivity index (χ2n) is 11.3. The molecular weight excluding hydrogens is 536 g/mol. The topological polar surface area (TPSA) is 91.9 Å². The average Bonchev–Trinajstić information content (AvgIpc) is 3.03. The number of piperidine rings is 1. The summed E-state index contributed by atoms with van der Waals surface area (Å²) in [7, 11) is 0. The van der Waals surface area contributed by atoms with Gasteiger partial charge in [-0.15, -0.1) is 0 Å². The fourth-order valence-corrected chi connectivity index (χ4v) is 6.09. The second kappa shape index (κ2) is 15.6. The second-order valence-corrected chi connectivity index (χ2v) is 11.3. The van der Waals surface area contributed by atoms with Crippen molar-refractivity contribution in [2.75, 3.05) is 18.0 Å². The highest BCUT2D eigenvalue weighted by Crippen LogP contribution is 2.41. The van der Waals surface area contributed by atoms with E-state index >= 15 is 0 Å². The number of nitrogen functional groups attached to an aromatic ring is 1. The van der Waals surface area contributed by atoms with Crippen molar-refractivity contribution in [2.45, 2.75) is 91.0 Å². The Morgan fingerprint density at radius 2 is 1.60 bits per heavy atom. The molecule has 0 bridgehead atoms. The number of nitrogens with two attached hydrogens (primary N) is 1. The first-order valence-corrected chi connectivity index (χ1v) is 15.9. The summed E-state index contributed by atoms with van der Waals surface area (Å²) >= 11 is 0. The van der Waals surface area contributed by atoms with E-state index in [4.69, 9.17) is 20.6 Å². The van der Waals surface area contributed by atoms with Crippen molar-refractivity contribution in [2.24, 2.45) is 5.73 Å². The number of hydrogen-bond acceptors (Lipinski definition) is 5. The number of carbonyl (C=O) groups excluding carboxylic acids is 1. The molecule has 1 fully saturated rings. The highest BCUT2D eigenvalue weighted by molar-refractivity contribution is 6.01. The Morgan fingerprint density at radius 3 is 2.33 bits per heavy atom. The molecule has 3 aromatic carbocycles. The summed E-state index contributed by atoms with van der Waals surface area (Å²) in [5.74, 6) is 1.00. The first-order chi connectivity index (χ1) is 20.9. The number of unbranched alkanes of at least 4 members (excludes halogenated alkanes) is 2. The molecule has 3 unspecified atom stereocenters. The molecule has 2 aliphatic heterocycles. The van der Waals surface area contributed by atoms with Crippen molar-refractivity contribution in [1.82, 2.24) is 4.90 Å². The highest BCUT2D eigenvalue weighted by Gasteiger charge is 2.37. The van der Waals surface area contributed by atoms with E-state index in [-0.39, 0.29) is 11.7 Å². The number of anilines is 1. The molecule has 43 heavy (non-hydrogen) atoms. The van der Waals surface area contributed by atoms with Crippen LogP contribution in [0.1, 0.15) is 89.0 Å². The zero-order chi connectivity index (χ0) is 30.8. The monoisotopic (exact) mass is 584 g/mol. The number of fused-ring (bicyclic) bond motifs is 1.